The molecule has 4 rings (SSSR count). The van der Waals surface area contributed by atoms with Gasteiger partial charge in [0, 0.05) is 23.3 Å². The summed E-state index contributed by atoms with van der Waals surface area (Å²) in [6.07, 6.45) is 6.50. The molecular weight excluding hydrogens is 395 g/mol. The Balaban J connectivity index is 1.59. The molecule has 0 amide bonds. The fourth-order valence-corrected chi connectivity index (χ4v) is 3.65. The molecule has 1 fully saturated rings. The standard InChI is InChI=1S/C20H20Cl2N6/c21-13-8-9-16(15(22)11-13)27-28-19-12-18(17-7-3-4-10-23-17)25-20(26-19)24-14-5-1-2-6-14/h3-4,7-12,14,27H,1-2,5-6H2,(H2,24,25,26,28). The molecule has 6 nitrogen and oxygen atoms in total. The van der Waals surface area contributed by atoms with Crippen LogP contribution in [0.1, 0.15) is 25.7 Å². The molecule has 8 heteroatoms. The summed E-state index contributed by atoms with van der Waals surface area (Å²) >= 11 is 12.2. The molecule has 0 bridgehead atoms. The van der Waals surface area contributed by atoms with Gasteiger partial charge in [0.15, 0.2) is 5.82 Å². The number of hydrogen-bond donors (Lipinski definition) is 3. The quantitative estimate of drug-likeness (QED) is 0.453. The van der Waals surface area contributed by atoms with Gasteiger partial charge < -0.3 is 5.32 Å². The van der Waals surface area contributed by atoms with Crippen LogP contribution in [0.3, 0.4) is 0 Å². The highest BCUT2D eigenvalue weighted by Crippen LogP contribution is 2.27. The van der Waals surface area contributed by atoms with Gasteiger partial charge in [0.05, 0.1) is 22.1 Å². The van der Waals surface area contributed by atoms with E-state index in [1.807, 2.05) is 24.3 Å². The molecule has 0 atom stereocenters. The van der Waals surface area contributed by atoms with Crippen molar-refractivity contribution in [1.29, 1.82) is 0 Å². The first kappa shape index (κ1) is 18.8. The van der Waals surface area contributed by atoms with Crippen molar-refractivity contribution in [2.24, 2.45) is 0 Å². The molecule has 0 radical (unpaired) electrons. The van der Waals surface area contributed by atoms with Crippen molar-refractivity contribution in [3.8, 4) is 11.4 Å². The molecule has 0 aliphatic heterocycles. The number of hydrazine groups is 1. The average molecular weight is 415 g/mol. The third-order valence-electron chi connectivity index (χ3n) is 4.60. The van der Waals surface area contributed by atoms with E-state index < -0.39 is 0 Å². The van der Waals surface area contributed by atoms with Crippen molar-refractivity contribution in [3.05, 3.63) is 58.7 Å². The van der Waals surface area contributed by atoms with Crippen LogP contribution in [0.5, 0.6) is 0 Å². The molecular formula is C20H20Cl2N6. The van der Waals surface area contributed by atoms with Crippen LogP contribution in [0.4, 0.5) is 17.5 Å². The van der Waals surface area contributed by atoms with Crippen LogP contribution in [0, 0.1) is 0 Å². The second-order valence-electron chi connectivity index (χ2n) is 6.68. The van der Waals surface area contributed by atoms with Crippen molar-refractivity contribution in [2.45, 2.75) is 31.7 Å². The highest BCUT2D eigenvalue weighted by Gasteiger charge is 2.17. The maximum atomic E-state index is 6.23. The monoisotopic (exact) mass is 414 g/mol. The molecule has 3 aromatic rings. The number of anilines is 3. The fraction of sp³-hybridized carbons (Fsp3) is 0.250. The van der Waals surface area contributed by atoms with E-state index in [1.165, 1.54) is 12.8 Å². The van der Waals surface area contributed by atoms with Gasteiger partial charge in [-0.3, -0.25) is 15.8 Å². The molecule has 144 valence electrons. The lowest BCUT2D eigenvalue weighted by atomic mass is 10.2. The minimum atomic E-state index is 0.408. The minimum Gasteiger partial charge on any atom is -0.351 e. The summed E-state index contributed by atoms with van der Waals surface area (Å²) in [7, 11) is 0. The molecule has 2 heterocycles. The lowest BCUT2D eigenvalue weighted by Crippen LogP contribution is -2.18. The molecule has 2 aromatic heterocycles. The predicted octanol–water partition coefficient (Wildman–Crippen LogP) is 5.64. The highest BCUT2D eigenvalue weighted by atomic mass is 35.5. The Bertz CT molecular complexity index is 945. The lowest BCUT2D eigenvalue weighted by molar-refractivity contribution is 0.744. The van der Waals surface area contributed by atoms with Gasteiger partial charge in [0.25, 0.3) is 0 Å². The van der Waals surface area contributed by atoms with Crippen molar-refractivity contribution >= 4 is 40.7 Å². The SMILES string of the molecule is Clc1ccc(NNc2cc(-c3ccccn3)nc(NC3CCCC3)n2)c(Cl)c1. The molecule has 1 aromatic carbocycles. The molecule has 0 unspecified atom stereocenters. The van der Waals surface area contributed by atoms with Gasteiger partial charge in [0.2, 0.25) is 5.95 Å². The van der Waals surface area contributed by atoms with Gasteiger partial charge in [0.1, 0.15) is 0 Å². The number of nitrogens with zero attached hydrogens (tertiary/aromatic N) is 3. The normalized spacial score (nSPS) is 14.1. The van der Waals surface area contributed by atoms with E-state index in [1.54, 1.807) is 24.4 Å². The predicted molar refractivity (Wildman–Crippen MR) is 115 cm³/mol. The van der Waals surface area contributed by atoms with Gasteiger partial charge in [-0.05, 0) is 43.2 Å². The largest absolute Gasteiger partial charge is 0.351 e. The van der Waals surface area contributed by atoms with Gasteiger partial charge >= 0.3 is 0 Å². The van der Waals surface area contributed by atoms with E-state index in [0.717, 1.165) is 24.2 Å². The minimum absolute atomic E-state index is 0.408. The van der Waals surface area contributed by atoms with Gasteiger partial charge in [-0.2, -0.15) is 4.98 Å². The summed E-state index contributed by atoms with van der Waals surface area (Å²) in [6.45, 7) is 0. The molecule has 1 aliphatic rings. The highest BCUT2D eigenvalue weighted by molar-refractivity contribution is 6.36. The van der Waals surface area contributed by atoms with E-state index in [9.17, 15) is 0 Å². The Labute approximate surface area is 173 Å². The maximum Gasteiger partial charge on any atom is 0.225 e. The van der Waals surface area contributed by atoms with Gasteiger partial charge in [-0.25, -0.2) is 4.98 Å². The van der Waals surface area contributed by atoms with E-state index in [2.05, 4.69) is 31.1 Å². The summed E-state index contributed by atoms with van der Waals surface area (Å²) < 4.78 is 0. The van der Waals surface area contributed by atoms with E-state index in [0.29, 0.717) is 33.5 Å². The summed E-state index contributed by atoms with van der Waals surface area (Å²) in [6, 6.07) is 13.2. The number of hydrogen-bond acceptors (Lipinski definition) is 6. The third-order valence-corrected chi connectivity index (χ3v) is 5.15. The first-order valence-corrected chi connectivity index (χ1v) is 9.97. The molecule has 0 spiro atoms. The van der Waals surface area contributed by atoms with Crippen molar-refractivity contribution in [2.75, 3.05) is 16.2 Å². The molecule has 28 heavy (non-hydrogen) atoms. The maximum absolute atomic E-state index is 6.23. The van der Waals surface area contributed by atoms with Crippen LogP contribution in [-0.4, -0.2) is 21.0 Å². The number of rotatable bonds is 6. The first-order chi connectivity index (χ1) is 13.7. The van der Waals surface area contributed by atoms with Crippen molar-refractivity contribution < 1.29 is 0 Å². The fourth-order valence-electron chi connectivity index (χ4n) is 3.20. The van der Waals surface area contributed by atoms with Crippen molar-refractivity contribution in [1.82, 2.24) is 15.0 Å². The average Bonchev–Trinajstić information content (AvgIpc) is 3.21. The summed E-state index contributed by atoms with van der Waals surface area (Å²) in [5, 5.41) is 4.55. The van der Waals surface area contributed by atoms with Gasteiger partial charge in [-0.15, -0.1) is 0 Å². The zero-order valence-corrected chi connectivity index (χ0v) is 16.6. The van der Waals surface area contributed by atoms with Gasteiger partial charge in [-0.1, -0.05) is 42.1 Å². The molecule has 1 saturated carbocycles. The van der Waals surface area contributed by atoms with E-state index >= 15 is 0 Å². The zero-order valence-electron chi connectivity index (χ0n) is 15.1. The number of halogens is 2. The molecule has 1 aliphatic carbocycles. The molecule has 3 N–H and O–H groups in total. The first-order valence-electron chi connectivity index (χ1n) is 9.21. The Kier molecular flexibility index (Phi) is 5.78. The number of nitrogens with one attached hydrogen (secondary N) is 3. The van der Waals surface area contributed by atoms with Crippen molar-refractivity contribution in [3.63, 3.8) is 0 Å². The number of benzene rings is 1. The second kappa shape index (κ2) is 8.63. The van der Waals surface area contributed by atoms with Crippen LogP contribution in [0.15, 0.2) is 48.7 Å². The Morgan fingerprint density at radius 1 is 0.893 bits per heavy atom. The van der Waals surface area contributed by atoms with Crippen LogP contribution in [0.2, 0.25) is 10.0 Å². The van der Waals surface area contributed by atoms with Crippen LogP contribution < -0.4 is 16.2 Å². The Hall–Kier alpha value is -2.57. The van der Waals surface area contributed by atoms with Crippen LogP contribution in [-0.2, 0) is 0 Å². The lowest BCUT2D eigenvalue weighted by Gasteiger charge is -2.16. The second-order valence-corrected chi connectivity index (χ2v) is 7.52. The summed E-state index contributed by atoms with van der Waals surface area (Å²) in [4.78, 5) is 13.7. The zero-order chi connectivity index (χ0) is 19.3. The molecule has 0 saturated heterocycles. The smallest absolute Gasteiger partial charge is 0.225 e. The summed E-state index contributed by atoms with van der Waals surface area (Å²) in [5.41, 5.74) is 8.40. The van der Waals surface area contributed by atoms with E-state index in [-0.39, 0.29) is 0 Å². The third kappa shape index (κ3) is 4.64. The van der Waals surface area contributed by atoms with Crippen LogP contribution >= 0.6 is 23.2 Å². The Morgan fingerprint density at radius 3 is 2.50 bits per heavy atom. The topological polar surface area (TPSA) is 74.8 Å². The van der Waals surface area contributed by atoms with Crippen LogP contribution in [0.25, 0.3) is 11.4 Å². The number of pyridine rings is 1. The number of aromatic nitrogens is 3. The van der Waals surface area contributed by atoms with E-state index in [4.69, 9.17) is 23.2 Å². The Morgan fingerprint density at radius 2 is 1.75 bits per heavy atom. The summed E-state index contributed by atoms with van der Waals surface area (Å²) in [5.74, 6) is 1.20.